The highest BCUT2D eigenvalue weighted by atomic mass is 79.9. The highest BCUT2D eigenvalue weighted by Gasteiger charge is 2.27. The lowest BCUT2D eigenvalue weighted by atomic mass is 9.94. The van der Waals surface area contributed by atoms with Crippen LogP contribution in [0.2, 0.25) is 30.8 Å². The van der Waals surface area contributed by atoms with Gasteiger partial charge in [-0.3, -0.25) is 10.3 Å². The van der Waals surface area contributed by atoms with Gasteiger partial charge in [0.05, 0.1) is 17.3 Å². The SMILES string of the molecule is C[Si](C)(C)CCOCn1c(C(Cc2ccccc2)c2ccc(Br)cn2)nc(Cl)c1-c1ccc(NC(=O)O)cc1. The van der Waals surface area contributed by atoms with Crippen LogP contribution in [0.1, 0.15) is 23.0 Å². The molecule has 0 aliphatic heterocycles. The summed E-state index contributed by atoms with van der Waals surface area (Å²) in [5.41, 5.74) is 4.03. The van der Waals surface area contributed by atoms with Crippen LogP contribution in [0.15, 0.2) is 77.4 Å². The van der Waals surface area contributed by atoms with Crippen molar-refractivity contribution in [2.75, 3.05) is 11.9 Å². The molecule has 0 bridgehead atoms. The number of aromatic nitrogens is 3. The second-order valence-corrected chi connectivity index (χ2v) is 17.4. The Kier molecular flexibility index (Phi) is 9.61. The Hall–Kier alpha value is -2.98. The van der Waals surface area contributed by atoms with Crippen molar-refractivity contribution >= 4 is 47.4 Å². The fraction of sp³-hybridized carbons (Fsp3) is 0.276. The summed E-state index contributed by atoms with van der Waals surface area (Å²) in [6, 6.07) is 22.4. The van der Waals surface area contributed by atoms with Crippen LogP contribution in [0.5, 0.6) is 0 Å². The number of hydrogen-bond acceptors (Lipinski definition) is 4. The van der Waals surface area contributed by atoms with Crippen LogP contribution in [0, 0.1) is 0 Å². The van der Waals surface area contributed by atoms with Crippen LogP contribution in [0.4, 0.5) is 10.5 Å². The van der Waals surface area contributed by atoms with E-state index in [0.29, 0.717) is 23.9 Å². The highest BCUT2D eigenvalue weighted by Crippen LogP contribution is 2.36. The van der Waals surface area contributed by atoms with Gasteiger partial charge in [-0.15, -0.1) is 0 Å². The topological polar surface area (TPSA) is 89.3 Å². The molecule has 1 unspecified atom stereocenters. The number of halogens is 2. The molecule has 0 aliphatic carbocycles. The first kappa shape index (κ1) is 29.0. The molecule has 0 fully saturated rings. The van der Waals surface area contributed by atoms with Gasteiger partial charge in [-0.1, -0.05) is 73.7 Å². The van der Waals surface area contributed by atoms with Gasteiger partial charge in [0.2, 0.25) is 0 Å². The normalized spacial score (nSPS) is 12.3. The molecule has 204 valence electrons. The van der Waals surface area contributed by atoms with Crippen LogP contribution in [0.25, 0.3) is 11.3 Å². The Labute approximate surface area is 243 Å². The van der Waals surface area contributed by atoms with Crippen molar-refractivity contribution in [2.45, 2.75) is 44.8 Å². The van der Waals surface area contributed by atoms with E-state index in [1.54, 1.807) is 18.3 Å². The van der Waals surface area contributed by atoms with E-state index in [-0.39, 0.29) is 12.6 Å². The smallest absolute Gasteiger partial charge is 0.409 e. The van der Waals surface area contributed by atoms with E-state index in [9.17, 15) is 4.79 Å². The minimum Gasteiger partial charge on any atom is -0.465 e. The zero-order valence-corrected chi connectivity index (χ0v) is 25.5. The van der Waals surface area contributed by atoms with Gasteiger partial charge in [-0.25, -0.2) is 9.78 Å². The lowest BCUT2D eigenvalue weighted by Gasteiger charge is -2.21. The minimum absolute atomic E-state index is 0.180. The average molecular weight is 628 g/mol. The molecule has 1 atom stereocenters. The highest BCUT2D eigenvalue weighted by molar-refractivity contribution is 9.10. The number of pyridine rings is 1. The van der Waals surface area contributed by atoms with E-state index in [1.807, 2.05) is 47.0 Å². The molecule has 0 saturated heterocycles. The molecule has 2 heterocycles. The standard InChI is InChI=1S/C29H32BrClN4O3Si/c1-39(2,3)16-15-38-19-35-26(21-9-12-23(13-10-21)33-29(36)37)27(31)34-28(35)24(17-20-7-5-4-6-8-20)25-14-11-22(30)18-32-25/h4-14,18,24,33H,15-17,19H2,1-3H3,(H,36,37). The third-order valence-electron chi connectivity index (χ3n) is 6.28. The summed E-state index contributed by atoms with van der Waals surface area (Å²) in [6.45, 7) is 7.90. The van der Waals surface area contributed by atoms with Gasteiger partial charge in [0.25, 0.3) is 0 Å². The molecule has 1 amide bonds. The number of nitrogens with zero attached hydrogens (tertiary/aromatic N) is 3. The largest absolute Gasteiger partial charge is 0.465 e. The number of ether oxygens (including phenoxy) is 1. The molecule has 7 nitrogen and oxygen atoms in total. The van der Waals surface area contributed by atoms with Crippen molar-refractivity contribution in [1.29, 1.82) is 0 Å². The van der Waals surface area contributed by atoms with Gasteiger partial charge in [-0.2, -0.15) is 0 Å². The predicted molar refractivity (Wildman–Crippen MR) is 162 cm³/mol. The summed E-state index contributed by atoms with van der Waals surface area (Å²) < 4.78 is 9.16. The molecule has 0 aliphatic rings. The Morgan fingerprint density at radius 3 is 2.44 bits per heavy atom. The zero-order valence-electron chi connectivity index (χ0n) is 22.2. The Balaban J connectivity index is 1.78. The maximum absolute atomic E-state index is 11.1. The summed E-state index contributed by atoms with van der Waals surface area (Å²) in [5, 5.41) is 11.8. The first-order chi connectivity index (χ1) is 18.6. The number of nitrogens with one attached hydrogen (secondary N) is 1. The van der Waals surface area contributed by atoms with E-state index in [4.69, 9.17) is 31.4 Å². The van der Waals surface area contributed by atoms with Gasteiger partial charge in [0.1, 0.15) is 12.6 Å². The summed E-state index contributed by atoms with van der Waals surface area (Å²) >= 11 is 10.3. The maximum atomic E-state index is 11.1. The molecule has 2 aromatic carbocycles. The van der Waals surface area contributed by atoms with Crippen molar-refractivity contribution in [1.82, 2.24) is 14.5 Å². The van der Waals surface area contributed by atoms with Crippen LogP contribution in [-0.4, -0.2) is 40.4 Å². The van der Waals surface area contributed by atoms with E-state index in [1.165, 1.54) is 0 Å². The number of anilines is 1. The maximum Gasteiger partial charge on any atom is 0.409 e. The first-order valence-corrected chi connectivity index (χ1v) is 17.6. The molecule has 39 heavy (non-hydrogen) atoms. The molecule has 0 saturated carbocycles. The van der Waals surface area contributed by atoms with Crippen LogP contribution in [-0.2, 0) is 17.9 Å². The summed E-state index contributed by atoms with van der Waals surface area (Å²) in [6.07, 6.45) is 1.36. The van der Waals surface area contributed by atoms with Gasteiger partial charge in [-0.05, 0) is 58.2 Å². The Morgan fingerprint density at radius 1 is 1.10 bits per heavy atom. The van der Waals surface area contributed by atoms with Crippen molar-refractivity contribution < 1.29 is 14.6 Å². The second-order valence-electron chi connectivity index (χ2n) is 10.5. The minimum atomic E-state index is -1.28. The molecule has 0 radical (unpaired) electrons. The van der Waals surface area contributed by atoms with Gasteiger partial charge >= 0.3 is 6.09 Å². The summed E-state index contributed by atoms with van der Waals surface area (Å²) in [4.78, 5) is 20.7. The molecule has 10 heteroatoms. The molecule has 2 N–H and O–H groups in total. The number of benzene rings is 2. The van der Waals surface area contributed by atoms with Crippen molar-refractivity contribution in [3.8, 4) is 11.3 Å². The molecule has 2 aromatic heterocycles. The molecule has 0 spiro atoms. The van der Waals surface area contributed by atoms with Crippen molar-refractivity contribution in [2.24, 2.45) is 0 Å². The van der Waals surface area contributed by atoms with E-state index >= 15 is 0 Å². The van der Waals surface area contributed by atoms with Crippen LogP contribution >= 0.6 is 27.5 Å². The first-order valence-electron chi connectivity index (χ1n) is 12.7. The van der Waals surface area contributed by atoms with Gasteiger partial charge < -0.3 is 14.4 Å². The second kappa shape index (κ2) is 12.9. The molecule has 4 rings (SSSR count). The Bertz CT molecular complexity index is 1390. The molecule has 4 aromatic rings. The lowest BCUT2D eigenvalue weighted by molar-refractivity contribution is 0.0857. The number of carbonyl (C=O) groups is 1. The third-order valence-corrected chi connectivity index (χ3v) is 8.72. The monoisotopic (exact) mass is 626 g/mol. The number of carboxylic acid groups (broad SMARTS) is 1. The molecular formula is C29H32BrClN4O3Si. The average Bonchev–Trinajstić information content (AvgIpc) is 3.21. The van der Waals surface area contributed by atoms with Crippen molar-refractivity contribution in [3.05, 3.63) is 99.6 Å². The van der Waals surface area contributed by atoms with Gasteiger partial charge in [0.15, 0.2) is 5.15 Å². The number of rotatable bonds is 11. The van der Waals surface area contributed by atoms with Crippen LogP contribution in [0.3, 0.4) is 0 Å². The lowest BCUT2D eigenvalue weighted by Crippen LogP contribution is -2.22. The predicted octanol–water partition coefficient (Wildman–Crippen LogP) is 8.14. The Morgan fingerprint density at radius 2 is 1.82 bits per heavy atom. The fourth-order valence-corrected chi connectivity index (χ4v) is 5.54. The van der Waals surface area contributed by atoms with E-state index in [0.717, 1.165) is 38.9 Å². The van der Waals surface area contributed by atoms with Crippen LogP contribution < -0.4 is 5.32 Å². The summed E-state index contributed by atoms with van der Waals surface area (Å²) in [7, 11) is -1.28. The number of imidazole rings is 1. The fourth-order valence-electron chi connectivity index (χ4n) is 4.25. The quantitative estimate of drug-likeness (QED) is 0.129. The zero-order chi connectivity index (χ0) is 28.0. The van der Waals surface area contributed by atoms with E-state index < -0.39 is 14.2 Å². The van der Waals surface area contributed by atoms with Crippen molar-refractivity contribution in [3.63, 3.8) is 0 Å². The third kappa shape index (κ3) is 8.01. The van der Waals surface area contributed by atoms with E-state index in [2.05, 4.69) is 53.0 Å². The number of hydrogen-bond donors (Lipinski definition) is 2. The summed E-state index contributed by atoms with van der Waals surface area (Å²) in [5.74, 6) is 0.578. The van der Waals surface area contributed by atoms with Gasteiger partial charge in [0, 0.05) is 36.6 Å². The molecular weight excluding hydrogens is 596 g/mol. The number of amides is 1.